The van der Waals surface area contributed by atoms with Gasteiger partial charge < -0.3 is 0 Å². The number of rotatable bonds is 1. The van der Waals surface area contributed by atoms with Gasteiger partial charge in [0, 0.05) is 28.7 Å². The minimum absolute atomic E-state index is 0.0453. The maximum absolute atomic E-state index is 3.56. The van der Waals surface area contributed by atoms with Gasteiger partial charge in [0.05, 0.1) is 0 Å². The lowest BCUT2D eigenvalue weighted by molar-refractivity contribution is 0.660. The first-order valence-electron chi connectivity index (χ1n) is 18.1. The summed E-state index contributed by atoms with van der Waals surface area (Å²) in [5.74, 6) is 0. The highest BCUT2D eigenvalue weighted by atomic mass is 79.9. The second kappa shape index (κ2) is 14.7. The highest BCUT2D eigenvalue weighted by Crippen LogP contribution is 2.50. The second-order valence-electron chi connectivity index (χ2n) is 15.1. The minimum atomic E-state index is 0.0453. The van der Waals surface area contributed by atoms with E-state index in [4.69, 9.17) is 0 Å². The Bertz CT molecular complexity index is 2680. The molecule has 8 aromatic rings. The largest absolute Gasteiger partial charge is 0.0619 e. The van der Waals surface area contributed by atoms with Crippen LogP contribution in [0, 0.1) is 0 Å². The number of hydrogen-bond acceptors (Lipinski definition) is 0. The fourth-order valence-corrected chi connectivity index (χ4v) is 9.64. The average Bonchev–Trinajstić information content (AvgIpc) is 3.54. The third-order valence-electron chi connectivity index (χ3n) is 11.0. The van der Waals surface area contributed by atoms with Gasteiger partial charge in [-0.1, -0.05) is 188 Å². The summed E-state index contributed by atoms with van der Waals surface area (Å²) in [6, 6.07) is 56.7. The number of halogens is 4. The zero-order valence-corrected chi connectivity index (χ0v) is 36.9. The smallest absolute Gasteiger partial charge is 0.0181 e. The normalized spacial score (nSPS) is 13.9. The van der Waals surface area contributed by atoms with E-state index in [1.165, 1.54) is 77.2 Å². The molecule has 8 aromatic carbocycles. The molecular formula is C50H38Br4. The molecule has 2 aliphatic rings. The van der Waals surface area contributed by atoms with Crippen molar-refractivity contribution in [2.24, 2.45) is 0 Å². The van der Waals surface area contributed by atoms with E-state index >= 15 is 0 Å². The third-order valence-corrected chi connectivity index (χ3v) is 13.0. The van der Waals surface area contributed by atoms with E-state index in [0.29, 0.717) is 0 Å². The van der Waals surface area contributed by atoms with Crippen molar-refractivity contribution in [2.45, 2.75) is 38.5 Å². The first-order chi connectivity index (χ1) is 25.9. The summed E-state index contributed by atoms with van der Waals surface area (Å²) in [5.41, 5.74) is 13.9. The maximum Gasteiger partial charge on any atom is 0.0181 e. The highest BCUT2D eigenvalue weighted by Gasteiger charge is 2.36. The van der Waals surface area contributed by atoms with Crippen molar-refractivity contribution in [1.82, 2.24) is 0 Å². The predicted molar refractivity (Wildman–Crippen MR) is 246 cm³/mol. The Hall–Kier alpha value is -3.80. The molecular weight excluding hydrogens is 920 g/mol. The number of hydrogen-bond donors (Lipinski definition) is 0. The summed E-state index contributed by atoms with van der Waals surface area (Å²) in [4.78, 5) is 0. The molecule has 4 heteroatoms. The number of benzene rings is 8. The Labute approximate surface area is 352 Å². The van der Waals surface area contributed by atoms with E-state index in [9.17, 15) is 0 Å². The lowest BCUT2D eigenvalue weighted by atomic mass is 9.81. The Balaban J connectivity index is 0.000000126. The molecule has 0 N–H and O–H groups in total. The third kappa shape index (κ3) is 6.96. The van der Waals surface area contributed by atoms with Gasteiger partial charge in [-0.25, -0.2) is 0 Å². The average molecular weight is 958 g/mol. The molecule has 2 aliphatic carbocycles. The van der Waals surface area contributed by atoms with Gasteiger partial charge in [-0.05, 0) is 138 Å². The molecule has 0 heterocycles. The van der Waals surface area contributed by atoms with Crippen LogP contribution in [0.25, 0.3) is 54.9 Å². The van der Waals surface area contributed by atoms with Crippen molar-refractivity contribution in [1.29, 1.82) is 0 Å². The van der Waals surface area contributed by atoms with Crippen LogP contribution < -0.4 is 0 Å². The van der Waals surface area contributed by atoms with Crippen LogP contribution in [0.15, 0.2) is 176 Å². The molecule has 0 radical (unpaired) electrons. The molecule has 266 valence electrons. The van der Waals surface area contributed by atoms with Gasteiger partial charge in [0.25, 0.3) is 0 Å². The van der Waals surface area contributed by atoms with E-state index in [2.05, 4.69) is 249 Å². The van der Waals surface area contributed by atoms with Gasteiger partial charge in [-0.15, -0.1) is 0 Å². The standard InChI is InChI=1S/C25H19Br.C15H13Br.C10H6Br2/c1-25(2)23-6-4-3-5-21(23)22-12-10-19(15-24(22)25)16-7-8-18-14-20(26)11-9-17(18)13-16;1-15(2)13-6-4-3-5-11(13)12-8-7-10(16)9-14(12)15;11-9-3-1-7-5-10(12)4-2-8(7)6-9/h3-15H,1-2H3;3-9H,1-2H3;1-6H. The second-order valence-corrected chi connectivity index (χ2v) is 18.8. The van der Waals surface area contributed by atoms with Crippen LogP contribution in [-0.4, -0.2) is 0 Å². The molecule has 0 aliphatic heterocycles. The summed E-state index contributed by atoms with van der Waals surface area (Å²) in [6.07, 6.45) is 0. The molecule has 0 unspecified atom stereocenters. The minimum Gasteiger partial charge on any atom is -0.0619 e. The topological polar surface area (TPSA) is 0 Å². The van der Waals surface area contributed by atoms with E-state index in [1.54, 1.807) is 0 Å². The Morgan fingerprint density at radius 2 is 0.630 bits per heavy atom. The lowest BCUT2D eigenvalue weighted by Gasteiger charge is -2.22. The molecule has 0 amide bonds. The molecule has 0 atom stereocenters. The van der Waals surface area contributed by atoms with E-state index in [0.717, 1.165) is 17.9 Å². The van der Waals surface area contributed by atoms with Gasteiger partial charge in [-0.3, -0.25) is 0 Å². The SMILES string of the molecule is Brc1ccc2cc(Br)ccc2c1.CC1(C)c2ccccc2-c2ccc(-c3ccc4cc(Br)ccc4c3)cc21.CC1(C)c2ccccc2-c2ccc(Br)cc21. The van der Waals surface area contributed by atoms with Gasteiger partial charge in [-0.2, -0.15) is 0 Å². The van der Waals surface area contributed by atoms with E-state index in [-0.39, 0.29) is 10.8 Å². The molecule has 0 bridgehead atoms. The summed E-state index contributed by atoms with van der Waals surface area (Å²) < 4.78 is 4.52. The van der Waals surface area contributed by atoms with Crippen LogP contribution in [0.3, 0.4) is 0 Å². The fraction of sp³-hybridized carbons (Fsp3) is 0.120. The summed E-state index contributed by atoms with van der Waals surface area (Å²) >= 11 is 14.0. The fourth-order valence-electron chi connectivity index (χ4n) is 8.14. The highest BCUT2D eigenvalue weighted by molar-refractivity contribution is 9.11. The van der Waals surface area contributed by atoms with E-state index < -0.39 is 0 Å². The van der Waals surface area contributed by atoms with Crippen LogP contribution in [-0.2, 0) is 10.8 Å². The number of fused-ring (bicyclic) bond motifs is 8. The van der Waals surface area contributed by atoms with Crippen molar-refractivity contribution in [3.05, 3.63) is 198 Å². The monoisotopic (exact) mass is 954 g/mol. The van der Waals surface area contributed by atoms with Gasteiger partial charge in [0.2, 0.25) is 0 Å². The Morgan fingerprint density at radius 3 is 1.15 bits per heavy atom. The van der Waals surface area contributed by atoms with Crippen LogP contribution in [0.4, 0.5) is 0 Å². The molecule has 10 rings (SSSR count). The van der Waals surface area contributed by atoms with Crippen molar-refractivity contribution in [2.75, 3.05) is 0 Å². The molecule has 0 nitrogen and oxygen atoms in total. The van der Waals surface area contributed by atoms with Crippen molar-refractivity contribution < 1.29 is 0 Å². The Morgan fingerprint density at radius 1 is 0.296 bits per heavy atom. The quantitative estimate of drug-likeness (QED) is 0.154. The molecule has 0 spiro atoms. The lowest BCUT2D eigenvalue weighted by Crippen LogP contribution is -2.14. The molecule has 0 aromatic heterocycles. The van der Waals surface area contributed by atoms with Gasteiger partial charge in [0.15, 0.2) is 0 Å². The zero-order valence-electron chi connectivity index (χ0n) is 30.5. The Kier molecular flexibility index (Phi) is 10.1. The molecule has 0 saturated carbocycles. The maximum atomic E-state index is 3.56. The molecule has 0 saturated heterocycles. The summed E-state index contributed by atoms with van der Waals surface area (Å²) in [6.45, 7) is 9.26. The molecule has 54 heavy (non-hydrogen) atoms. The van der Waals surface area contributed by atoms with Crippen molar-refractivity contribution >= 4 is 85.3 Å². The van der Waals surface area contributed by atoms with Crippen LogP contribution >= 0.6 is 63.7 Å². The van der Waals surface area contributed by atoms with Crippen LogP contribution in [0.1, 0.15) is 49.9 Å². The molecule has 0 fully saturated rings. The predicted octanol–water partition coefficient (Wildman–Crippen LogP) is 16.7. The van der Waals surface area contributed by atoms with Crippen molar-refractivity contribution in [3.63, 3.8) is 0 Å². The van der Waals surface area contributed by atoms with Crippen LogP contribution in [0.5, 0.6) is 0 Å². The first kappa shape index (κ1) is 37.1. The summed E-state index contributed by atoms with van der Waals surface area (Å²) in [5, 5.41) is 5.05. The van der Waals surface area contributed by atoms with Gasteiger partial charge >= 0.3 is 0 Å². The van der Waals surface area contributed by atoms with E-state index in [1.807, 2.05) is 0 Å². The summed E-state index contributed by atoms with van der Waals surface area (Å²) in [7, 11) is 0. The van der Waals surface area contributed by atoms with Crippen molar-refractivity contribution in [3.8, 4) is 33.4 Å². The first-order valence-corrected chi connectivity index (χ1v) is 21.3. The zero-order chi connectivity index (χ0) is 37.8. The van der Waals surface area contributed by atoms with Gasteiger partial charge in [0.1, 0.15) is 0 Å². The van der Waals surface area contributed by atoms with Crippen LogP contribution in [0.2, 0.25) is 0 Å².